The smallest absolute Gasteiger partial charge is 0.326 e. The number of rotatable bonds is 4. The van der Waals surface area contributed by atoms with E-state index in [1.807, 2.05) is 42.5 Å². The molecule has 2 heterocycles. The number of nitrogens with zero attached hydrogens (tertiary/aromatic N) is 3. The van der Waals surface area contributed by atoms with Crippen LogP contribution in [-0.2, 0) is 17.8 Å². The molecule has 30 heavy (non-hydrogen) atoms. The predicted molar refractivity (Wildman–Crippen MR) is 116 cm³/mol. The maximum atomic E-state index is 13.0. The van der Waals surface area contributed by atoms with Crippen LogP contribution in [0.15, 0.2) is 77.7 Å². The molecular formula is C24H22N4O2. The fourth-order valence-corrected chi connectivity index (χ4v) is 4.25. The van der Waals surface area contributed by atoms with Crippen LogP contribution < -0.4 is 11.0 Å². The van der Waals surface area contributed by atoms with Gasteiger partial charge in [0, 0.05) is 11.9 Å². The molecule has 1 aliphatic rings. The first kappa shape index (κ1) is 18.4. The van der Waals surface area contributed by atoms with Crippen LogP contribution in [0.1, 0.15) is 35.4 Å². The molecule has 1 atom stereocenters. The van der Waals surface area contributed by atoms with Gasteiger partial charge in [-0.05, 0) is 60.2 Å². The molecule has 6 heteroatoms. The number of hydrogen-bond acceptors (Lipinski definition) is 3. The molecule has 2 aromatic heterocycles. The summed E-state index contributed by atoms with van der Waals surface area (Å²) in [6, 6.07) is 21.3. The molecule has 1 unspecified atom stereocenters. The van der Waals surface area contributed by atoms with Gasteiger partial charge in [-0.25, -0.2) is 9.48 Å². The summed E-state index contributed by atoms with van der Waals surface area (Å²) in [6.07, 6.45) is 4.62. The van der Waals surface area contributed by atoms with Gasteiger partial charge < -0.3 is 5.32 Å². The van der Waals surface area contributed by atoms with E-state index in [0.29, 0.717) is 12.2 Å². The van der Waals surface area contributed by atoms with Crippen LogP contribution in [0, 0.1) is 0 Å². The van der Waals surface area contributed by atoms with Crippen molar-refractivity contribution in [1.82, 2.24) is 14.2 Å². The molecular weight excluding hydrogens is 376 g/mol. The number of benzene rings is 2. The highest BCUT2D eigenvalue weighted by molar-refractivity contribution is 5.96. The van der Waals surface area contributed by atoms with Crippen LogP contribution in [0.5, 0.6) is 0 Å². The third-order valence-electron chi connectivity index (χ3n) is 5.70. The number of hydrogen-bond donors (Lipinski definition) is 1. The Bertz CT molecular complexity index is 1290. The number of nitrogens with one attached hydrogen (secondary N) is 1. The molecule has 1 aliphatic carbocycles. The Morgan fingerprint density at radius 3 is 2.83 bits per heavy atom. The minimum Gasteiger partial charge on any atom is -0.326 e. The molecule has 0 saturated carbocycles. The Kier molecular flexibility index (Phi) is 4.67. The zero-order valence-corrected chi connectivity index (χ0v) is 16.5. The lowest BCUT2D eigenvalue weighted by molar-refractivity contribution is -0.117. The van der Waals surface area contributed by atoms with Gasteiger partial charge in [0.2, 0.25) is 5.91 Å². The topological polar surface area (TPSA) is 68.4 Å². The van der Waals surface area contributed by atoms with E-state index in [0.717, 1.165) is 36.1 Å². The molecule has 0 radical (unpaired) electrons. The Balaban J connectivity index is 1.36. The van der Waals surface area contributed by atoms with E-state index in [1.165, 1.54) is 14.6 Å². The van der Waals surface area contributed by atoms with Crippen molar-refractivity contribution in [3.63, 3.8) is 0 Å². The molecule has 1 N–H and O–H groups in total. The number of amides is 1. The first-order chi connectivity index (χ1) is 14.7. The van der Waals surface area contributed by atoms with Gasteiger partial charge in [-0.3, -0.25) is 9.20 Å². The molecule has 0 aliphatic heterocycles. The Hall–Kier alpha value is -3.67. The van der Waals surface area contributed by atoms with Gasteiger partial charge >= 0.3 is 5.69 Å². The molecule has 5 rings (SSSR count). The SMILES string of the molecule is O=C(Nc1cccc(Cn2nc3ccccn3c2=O)c1)C1CCCc2ccccc21. The predicted octanol–water partition coefficient (Wildman–Crippen LogP) is 3.60. The summed E-state index contributed by atoms with van der Waals surface area (Å²) in [5.74, 6) is -0.108. The second-order valence-electron chi connectivity index (χ2n) is 7.70. The number of carbonyl (C=O) groups is 1. The summed E-state index contributed by atoms with van der Waals surface area (Å²) < 4.78 is 2.96. The largest absolute Gasteiger partial charge is 0.350 e. The van der Waals surface area contributed by atoms with Crippen molar-refractivity contribution in [2.24, 2.45) is 0 Å². The van der Waals surface area contributed by atoms with Crippen molar-refractivity contribution < 1.29 is 4.79 Å². The lowest BCUT2D eigenvalue weighted by atomic mass is 9.82. The van der Waals surface area contributed by atoms with Crippen molar-refractivity contribution in [2.45, 2.75) is 31.7 Å². The molecule has 6 nitrogen and oxygen atoms in total. The molecule has 0 saturated heterocycles. The number of aryl methyl sites for hydroxylation is 1. The summed E-state index contributed by atoms with van der Waals surface area (Å²) >= 11 is 0. The number of aromatic nitrogens is 3. The number of pyridine rings is 1. The quantitative estimate of drug-likeness (QED) is 0.571. The third kappa shape index (κ3) is 3.41. The first-order valence-electron chi connectivity index (χ1n) is 10.2. The zero-order valence-electron chi connectivity index (χ0n) is 16.5. The van der Waals surface area contributed by atoms with E-state index >= 15 is 0 Å². The van der Waals surface area contributed by atoms with Crippen LogP contribution in [0.4, 0.5) is 5.69 Å². The van der Waals surface area contributed by atoms with Crippen molar-refractivity contribution >= 4 is 17.2 Å². The molecule has 150 valence electrons. The molecule has 1 amide bonds. The average molecular weight is 398 g/mol. The summed E-state index contributed by atoms with van der Waals surface area (Å²) in [7, 11) is 0. The van der Waals surface area contributed by atoms with Gasteiger partial charge in [-0.15, -0.1) is 5.10 Å². The second-order valence-corrected chi connectivity index (χ2v) is 7.70. The number of fused-ring (bicyclic) bond motifs is 2. The van der Waals surface area contributed by atoms with Crippen LogP contribution in [0.2, 0.25) is 0 Å². The summed E-state index contributed by atoms with van der Waals surface area (Å²) in [4.78, 5) is 25.5. The summed E-state index contributed by atoms with van der Waals surface area (Å²) in [5, 5.41) is 7.44. The first-order valence-corrected chi connectivity index (χ1v) is 10.2. The van der Waals surface area contributed by atoms with E-state index in [-0.39, 0.29) is 17.5 Å². The minimum atomic E-state index is -0.182. The van der Waals surface area contributed by atoms with Gasteiger partial charge in [0.1, 0.15) is 0 Å². The molecule has 0 bridgehead atoms. The maximum Gasteiger partial charge on any atom is 0.350 e. The van der Waals surface area contributed by atoms with Crippen molar-refractivity contribution in [3.05, 3.63) is 100 Å². The van der Waals surface area contributed by atoms with E-state index < -0.39 is 0 Å². The second kappa shape index (κ2) is 7.63. The fourth-order valence-electron chi connectivity index (χ4n) is 4.25. The molecule has 0 fully saturated rings. The summed E-state index contributed by atoms with van der Waals surface area (Å²) in [6.45, 7) is 0.344. The van der Waals surface area contributed by atoms with Crippen molar-refractivity contribution in [2.75, 3.05) is 5.32 Å². The zero-order chi connectivity index (χ0) is 20.5. The monoisotopic (exact) mass is 398 g/mol. The highest BCUT2D eigenvalue weighted by atomic mass is 16.2. The Morgan fingerprint density at radius 1 is 1.07 bits per heavy atom. The summed E-state index contributed by atoms with van der Waals surface area (Å²) in [5.41, 5.74) is 4.47. The third-order valence-corrected chi connectivity index (χ3v) is 5.70. The average Bonchev–Trinajstić information content (AvgIpc) is 3.09. The lowest BCUT2D eigenvalue weighted by Crippen LogP contribution is -2.25. The van der Waals surface area contributed by atoms with Gasteiger partial charge in [-0.1, -0.05) is 42.5 Å². The number of carbonyl (C=O) groups excluding carboxylic acids is 1. The molecule has 2 aromatic carbocycles. The van der Waals surface area contributed by atoms with Crippen LogP contribution in [0.25, 0.3) is 5.65 Å². The van der Waals surface area contributed by atoms with E-state index in [9.17, 15) is 9.59 Å². The van der Waals surface area contributed by atoms with E-state index in [1.54, 1.807) is 18.3 Å². The highest BCUT2D eigenvalue weighted by Crippen LogP contribution is 2.32. The van der Waals surface area contributed by atoms with Crippen molar-refractivity contribution in [3.8, 4) is 0 Å². The van der Waals surface area contributed by atoms with Crippen molar-refractivity contribution in [1.29, 1.82) is 0 Å². The van der Waals surface area contributed by atoms with Gasteiger partial charge in [0.25, 0.3) is 0 Å². The lowest BCUT2D eigenvalue weighted by Gasteiger charge is -2.24. The van der Waals surface area contributed by atoms with Crippen LogP contribution in [-0.4, -0.2) is 20.1 Å². The standard InChI is InChI=1S/C24H22N4O2/c29-23(21-12-6-9-18-8-1-2-11-20(18)21)25-19-10-5-7-17(15-19)16-28-24(30)27-14-4-3-13-22(27)26-28/h1-5,7-8,10-11,13-15,21H,6,9,12,16H2,(H,25,29). The Labute approximate surface area is 173 Å². The fraction of sp³-hybridized carbons (Fsp3) is 0.208. The minimum absolute atomic E-state index is 0.0178. The maximum absolute atomic E-state index is 13.0. The van der Waals surface area contributed by atoms with Gasteiger partial charge in [0.05, 0.1) is 12.5 Å². The number of anilines is 1. The normalized spacial score (nSPS) is 15.7. The molecule has 4 aromatic rings. The van der Waals surface area contributed by atoms with Gasteiger partial charge in [-0.2, -0.15) is 0 Å². The molecule has 0 spiro atoms. The van der Waals surface area contributed by atoms with Crippen LogP contribution >= 0.6 is 0 Å². The van der Waals surface area contributed by atoms with E-state index in [2.05, 4.69) is 22.5 Å². The highest BCUT2D eigenvalue weighted by Gasteiger charge is 2.26. The Morgan fingerprint density at radius 2 is 1.93 bits per heavy atom. The van der Waals surface area contributed by atoms with E-state index in [4.69, 9.17) is 0 Å². The van der Waals surface area contributed by atoms with Gasteiger partial charge in [0.15, 0.2) is 5.65 Å². The van der Waals surface area contributed by atoms with Crippen LogP contribution in [0.3, 0.4) is 0 Å².